The van der Waals surface area contributed by atoms with E-state index in [0.29, 0.717) is 0 Å². The van der Waals surface area contributed by atoms with E-state index in [9.17, 15) is 0 Å². The summed E-state index contributed by atoms with van der Waals surface area (Å²) in [6.07, 6.45) is 4.40. The number of hydrogen-bond acceptors (Lipinski definition) is 1. The molecular weight excluding hydrogens is 310 g/mol. The minimum atomic E-state index is 1.25. The van der Waals surface area contributed by atoms with Crippen LogP contribution in [0.2, 0.25) is 0 Å². The summed E-state index contributed by atoms with van der Waals surface area (Å²) in [4.78, 5) is 1.28. The predicted molar refractivity (Wildman–Crippen MR) is 106 cm³/mol. The first-order chi connectivity index (χ1) is 11.9. The van der Waals surface area contributed by atoms with Gasteiger partial charge in [-0.2, -0.15) is 0 Å². The molecule has 0 radical (unpaired) electrons. The fourth-order valence-electron chi connectivity index (χ4n) is 3.35. The van der Waals surface area contributed by atoms with Gasteiger partial charge in [-0.3, -0.25) is 0 Å². The third-order valence-electron chi connectivity index (χ3n) is 4.45. The molecule has 0 unspecified atom stereocenters. The zero-order valence-corrected chi connectivity index (χ0v) is 13.8. The highest BCUT2D eigenvalue weighted by Crippen LogP contribution is 2.30. The summed E-state index contributed by atoms with van der Waals surface area (Å²) in [5.74, 6) is 0. The normalized spacial score (nSPS) is 12.0. The quantitative estimate of drug-likeness (QED) is 0.343. The van der Waals surface area contributed by atoms with E-state index < -0.39 is 0 Å². The molecule has 0 fully saturated rings. The summed E-state index contributed by atoms with van der Waals surface area (Å²) >= 11 is 1.83. The van der Waals surface area contributed by atoms with Gasteiger partial charge in [-0.1, -0.05) is 54.6 Å². The smallest absolute Gasteiger partial charge is 0.0534 e. The second-order valence-electron chi connectivity index (χ2n) is 5.91. The Bertz CT molecular complexity index is 1120. The van der Waals surface area contributed by atoms with Crippen LogP contribution in [0.15, 0.2) is 78.9 Å². The maximum absolute atomic E-state index is 2.29. The molecule has 0 saturated heterocycles. The van der Waals surface area contributed by atoms with Crippen molar-refractivity contribution in [3.8, 4) is 0 Å². The SMILES string of the molecule is C(=C\n1c2ccccc2c2ccccc21)/c1cc2ccccc2s1. The zero-order valence-electron chi connectivity index (χ0n) is 13.0. The summed E-state index contributed by atoms with van der Waals surface area (Å²) in [6.45, 7) is 0. The van der Waals surface area contributed by atoms with Crippen molar-refractivity contribution in [3.05, 3.63) is 83.7 Å². The first-order valence-corrected chi connectivity index (χ1v) is 8.86. The van der Waals surface area contributed by atoms with E-state index in [0.717, 1.165) is 0 Å². The highest BCUT2D eigenvalue weighted by Gasteiger charge is 2.07. The van der Waals surface area contributed by atoms with Crippen molar-refractivity contribution in [2.45, 2.75) is 0 Å². The number of hydrogen-bond donors (Lipinski definition) is 0. The number of aromatic nitrogens is 1. The lowest BCUT2D eigenvalue weighted by molar-refractivity contribution is 1.30. The van der Waals surface area contributed by atoms with E-state index in [1.165, 1.54) is 36.8 Å². The molecule has 114 valence electrons. The van der Waals surface area contributed by atoms with E-state index in [2.05, 4.69) is 95.7 Å². The minimum Gasteiger partial charge on any atom is -0.316 e. The van der Waals surface area contributed by atoms with Crippen LogP contribution in [0.5, 0.6) is 0 Å². The third kappa shape index (κ3) is 2.08. The van der Waals surface area contributed by atoms with Gasteiger partial charge in [0.1, 0.15) is 0 Å². The van der Waals surface area contributed by atoms with E-state index in [-0.39, 0.29) is 0 Å². The van der Waals surface area contributed by atoms with Crippen molar-refractivity contribution >= 4 is 55.5 Å². The Morgan fingerprint density at radius 1 is 0.708 bits per heavy atom. The van der Waals surface area contributed by atoms with Crippen LogP contribution in [0, 0.1) is 0 Å². The van der Waals surface area contributed by atoms with Crippen molar-refractivity contribution in [1.29, 1.82) is 0 Å². The van der Waals surface area contributed by atoms with Crippen molar-refractivity contribution in [2.24, 2.45) is 0 Å². The highest BCUT2D eigenvalue weighted by molar-refractivity contribution is 7.19. The van der Waals surface area contributed by atoms with Crippen LogP contribution >= 0.6 is 11.3 Å². The Kier molecular flexibility index (Phi) is 3.03. The molecule has 0 saturated carbocycles. The third-order valence-corrected chi connectivity index (χ3v) is 5.53. The molecule has 5 rings (SSSR count). The molecule has 2 heteroatoms. The molecule has 0 bridgehead atoms. The second kappa shape index (κ2) is 5.36. The van der Waals surface area contributed by atoms with E-state index >= 15 is 0 Å². The van der Waals surface area contributed by atoms with Gasteiger partial charge in [0.25, 0.3) is 0 Å². The van der Waals surface area contributed by atoms with Gasteiger partial charge in [0.05, 0.1) is 11.0 Å². The predicted octanol–water partition coefficient (Wildman–Crippen LogP) is 6.64. The summed E-state index contributed by atoms with van der Waals surface area (Å²) < 4.78 is 3.62. The van der Waals surface area contributed by atoms with Gasteiger partial charge in [0, 0.05) is 26.5 Å². The fraction of sp³-hybridized carbons (Fsp3) is 0. The molecule has 2 aromatic heterocycles. The molecule has 0 amide bonds. The van der Waals surface area contributed by atoms with Gasteiger partial charge >= 0.3 is 0 Å². The topological polar surface area (TPSA) is 4.93 Å². The van der Waals surface area contributed by atoms with Gasteiger partial charge in [-0.15, -0.1) is 11.3 Å². The average Bonchev–Trinajstić information content (AvgIpc) is 3.19. The van der Waals surface area contributed by atoms with E-state index in [4.69, 9.17) is 0 Å². The Morgan fingerprint density at radius 2 is 1.33 bits per heavy atom. The summed E-state index contributed by atoms with van der Waals surface area (Å²) in [6, 6.07) is 28.0. The van der Waals surface area contributed by atoms with Crippen molar-refractivity contribution in [1.82, 2.24) is 4.57 Å². The Hall–Kier alpha value is -2.84. The molecule has 5 aromatic rings. The first kappa shape index (κ1) is 13.6. The molecule has 0 spiro atoms. The lowest BCUT2D eigenvalue weighted by Crippen LogP contribution is -1.84. The second-order valence-corrected chi connectivity index (χ2v) is 7.02. The van der Waals surface area contributed by atoms with Gasteiger partial charge in [0.15, 0.2) is 0 Å². The molecule has 1 nitrogen and oxygen atoms in total. The number of fused-ring (bicyclic) bond motifs is 4. The summed E-state index contributed by atoms with van der Waals surface area (Å²) in [5.41, 5.74) is 2.49. The molecule has 0 aliphatic heterocycles. The van der Waals surface area contributed by atoms with Crippen LogP contribution in [0.25, 0.3) is 44.2 Å². The van der Waals surface area contributed by atoms with Gasteiger partial charge in [-0.25, -0.2) is 0 Å². The van der Waals surface area contributed by atoms with Crippen LogP contribution < -0.4 is 0 Å². The maximum Gasteiger partial charge on any atom is 0.0534 e. The van der Waals surface area contributed by atoms with Crippen LogP contribution in [0.3, 0.4) is 0 Å². The van der Waals surface area contributed by atoms with Crippen LogP contribution in [0.1, 0.15) is 4.88 Å². The van der Waals surface area contributed by atoms with Gasteiger partial charge in [0.2, 0.25) is 0 Å². The van der Waals surface area contributed by atoms with Gasteiger partial charge < -0.3 is 4.57 Å². The highest BCUT2D eigenvalue weighted by atomic mass is 32.1. The van der Waals surface area contributed by atoms with Crippen molar-refractivity contribution in [3.63, 3.8) is 0 Å². The Morgan fingerprint density at radius 3 is 2.04 bits per heavy atom. The number of thiophene rings is 1. The van der Waals surface area contributed by atoms with E-state index in [1.54, 1.807) is 0 Å². The molecule has 3 aromatic carbocycles. The molecule has 0 atom stereocenters. The van der Waals surface area contributed by atoms with Crippen molar-refractivity contribution in [2.75, 3.05) is 0 Å². The van der Waals surface area contributed by atoms with Gasteiger partial charge in [-0.05, 0) is 35.7 Å². The molecular formula is C22H15NS. The Labute approximate surface area is 144 Å². The monoisotopic (exact) mass is 325 g/mol. The number of para-hydroxylation sites is 2. The van der Waals surface area contributed by atoms with Crippen LogP contribution in [0.4, 0.5) is 0 Å². The minimum absolute atomic E-state index is 1.25. The number of rotatable bonds is 2. The number of nitrogens with zero attached hydrogens (tertiary/aromatic N) is 1. The molecule has 24 heavy (non-hydrogen) atoms. The summed E-state index contributed by atoms with van der Waals surface area (Å²) in [7, 11) is 0. The molecule has 0 N–H and O–H groups in total. The van der Waals surface area contributed by atoms with E-state index in [1.807, 2.05) is 11.3 Å². The largest absolute Gasteiger partial charge is 0.316 e. The lowest BCUT2D eigenvalue weighted by atomic mass is 10.2. The summed E-state index contributed by atoms with van der Waals surface area (Å²) in [5, 5.41) is 3.91. The van der Waals surface area contributed by atoms with Crippen LogP contribution in [-0.4, -0.2) is 4.57 Å². The first-order valence-electron chi connectivity index (χ1n) is 8.05. The lowest BCUT2D eigenvalue weighted by Gasteiger charge is -1.99. The maximum atomic E-state index is 2.29. The molecule has 0 aliphatic rings. The molecule has 2 heterocycles. The zero-order chi connectivity index (χ0) is 15.9. The van der Waals surface area contributed by atoms with Crippen LogP contribution in [-0.2, 0) is 0 Å². The molecule has 0 aliphatic carbocycles. The van der Waals surface area contributed by atoms with Crippen molar-refractivity contribution < 1.29 is 0 Å². The number of benzene rings is 3. The average molecular weight is 325 g/mol. The fourth-order valence-corrected chi connectivity index (χ4v) is 4.31. The Balaban J connectivity index is 1.70. The standard InChI is InChI=1S/C22H15NS/c1-6-12-22-16(7-1)15-17(24-22)13-14-23-20-10-4-2-8-18(20)19-9-3-5-11-21(19)23/h1-15H/b14-13+.